The van der Waals surface area contributed by atoms with Gasteiger partial charge in [0.1, 0.15) is 5.82 Å². The van der Waals surface area contributed by atoms with Gasteiger partial charge < -0.3 is 14.9 Å². The smallest absolute Gasteiger partial charge is 0.396 e. The fraction of sp³-hybridized carbons (Fsp3) is 0.417. The number of halogens is 4. The monoisotopic (exact) mass is 461 g/mol. The molecule has 0 saturated carbocycles. The highest BCUT2D eigenvalue weighted by atomic mass is 19.4. The quantitative estimate of drug-likeness (QED) is 0.707. The van der Waals surface area contributed by atoms with E-state index in [-0.39, 0.29) is 31.4 Å². The summed E-state index contributed by atoms with van der Waals surface area (Å²) >= 11 is 0. The Labute approximate surface area is 188 Å². The molecule has 0 radical (unpaired) electrons. The third-order valence-electron chi connectivity index (χ3n) is 6.77. The van der Waals surface area contributed by atoms with Crippen LogP contribution < -0.4 is 4.90 Å². The molecule has 4 rings (SSSR count). The van der Waals surface area contributed by atoms with E-state index in [1.165, 1.54) is 24.3 Å². The molecule has 0 unspecified atom stereocenters. The zero-order valence-electron chi connectivity index (χ0n) is 17.8. The summed E-state index contributed by atoms with van der Waals surface area (Å²) in [4.78, 5) is 16.3. The summed E-state index contributed by atoms with van der Waals surface area (Å²) in [5.41, 5.74) is -1.19. The standard InChI is InChI=1S/C24H23F4N3O2/c25-19-3-1-2-16(8-19)9-22(33)31-12-18-6-7-30(13-23(18,14-31)15-32)20-5-4-17(11-29)21(10-20)24(26,27)28/h1-5,8,10,18,32H,6-7,9,12-15H2/t18-,23+/m1/s1. The number of amides is 1. The second-order valence-corrected chi connectivity index (χ2v) is 8.85. The number of alkyl halides is 3. The molecule has 2 aliphatic rings. The first kappa shape index (κ1) is 23.1. The molecular weight excluding hydrogens is 438 g/mol. The second-order valence-electron chi connectivity index (χ2n) is 8.85. The maximum Gasteiger partial charge on any atom is 0.417 e. The van der Waals surface area contributed by atoms with Crippen molar-refractivity contribution < 1.29 is 27.5 Å². The fourth-order valence-electron chi connectivity index (χ4n) is 5.01. The number of aliphatic hydroxyl groups excluding tert-OH is 1. The number of benzene rings is 2. The van der Waals surface area contributed by atoms with E-state index < -0.39 is 28.5 Å². The van der Waals surface area contributed by atoms with Crippen LogP contribution in [0, 0.1) is 28.5 Å². The molecule has 0 aliphatic carbocycles. The van der Waals surface area contributed by atoms with Crippen molar-refractivity contribution in [2.24, 2.45) is 11.3 Å². The van der Waals surface area contributed by atoms with Gasteiger partial charge in [0.05, 0.1) is 30.2 Å². The topological polar surface area (TPSA) is 67.6 Å². The van der Waals surface area contributed by atoms with Crippen molar-refractivity contribution in [2.45, 2.75) is 19.0 Å². The SMILES string of the molecule is N#Cc1ccc(N2CC[C@@H]3CN(C(=O)Cc4cccc(F)c4)C[C@]3(CO)C2)cc1C(F)(F)F. The Morgan fingerprint density at radius 2 is 2.00 bits per heavy atom. The van der Waals surface area contributed by atoms with Gasteiger partial charge in [-0.1, -0.05) is 12.1 Å². The lowest BCUT2D eigenvalue weighted by atomic mass is 9.74. The van der Waals surface area contributed by atoms with Gasteiger partial charge in [-0.15, -0.1) is 0 Å². The summed E-state index contributed by atoms with van der Waals surface area (Å²) in [5.74, 6) is -0.582. The maximum atomic E-state index is 13.5. The van der Waals surface area contributed by atoms with Crippen LogP contribution in [0.4, 0.5) is 23.2 Å². The third-order valence-corrected chi connectivity index (χ3v) is 6.77. The minimum Gasteiger partial charge on any atom is -0.396 e. The van der Waals surface area contributed by atoms with Crippen molar-refractivity contribution in [1.82, 2.24) is 4.90 Å². The van der Waals surface area contributed by atoms with Crippen molar-refractivity contribution in [2.75, 3.05) is 37.7 Å². The zero-order chi connectivity index (χ0) is 23.8. The molecular formula is C24H23F4N3O2. The van der Waals surface area contributed by atoms with Crippen molar-refractivity contribution in [3.63, 3.8) is 0 Å². The van der Waals surface area contributed by atoms with E-state index >= 15 is 0 Å². The molecule has 2 fully saturated rings. The normalized spacial score (nSPS) is 22.7. The number of nitriles is 1. The Hall–Kier alpha value is -3.12. The molecule has 33 heavy (non-hydrogen) atoms. The minimum absolute atomic E-state index is 0.00989. The Morgan fingerprint density at radius 3 is 2.67 bits per heavy atom. The second kappa shape index (κ2) is 8.67. The summed E-state index contributed by atoms with van der Waals surface area (Å²) in [6.45, 7) is 1.29. The first-order valence-corrected chi connectivity index (χ1v) is 10.6. The molecule has 5 nitrogen and oxygen atoms in total. The summed E-state index contributed by atoms with van der Waals surface area (Å²) in [7, 11) is 0. The summed E-state index contributed by atoms with van der Waals surface area (Å²) in [6.07, 6.45) is -4.01. The van der Waals surface area contributed by atoms with Gasteiger partial charge in [-0.2, -0.15) is 18.4 Å². The number of nitrogens with zero attached hydrogens (tertiary/aromatic N) is 3. The zero-order valence-corrected chi connectivity index (χ0v) is 17.8. The number of carbonyl (C=O) groups is 1. The van der Waals surface area contributed by atoms with Crippen molar-refractivity contribution in [3.8, 4) is 6.07 Å². The van der Waals surface area contributed by atoms with Crippen LogP contribution in [0.15, 0.2) is 42.5 Å². The number of anilines is 1. The molecule has 1 N–H and O–H groups in total. The van der Waals surface area contributed by atoms with E-state index in [4.69, 9.17) is 5.26 Å². The van der Waals surface area contributed by atoms with Gasteiger partial charge in [0.15, 0.2) is 0 Å². The largest absolute Gasteiger partial charge is 0.417 e. The molecule has 2 atom stereocenters. The van der Waals surface area contributed by atoms with Crippen LogP contribution in [-0.2, 0) is 17.4 Å². The van der Waals surface area contributed by atoms with Crippen LogP contribution in [0.1, 0.15) is 23.1 Å². The van der Waals surface area contributed by atoms with Crippen LogP contribution in [0.5, 0.6) is 0 Å². The number of likely N-dealkylation sites (tertiary alicyclic amines) is 1. The van der Waals surface area contributed by atoms with Crippen molar-refractivity contribution in [3.05, 3.63) is 65.0 Å². The number of hydrogen-bond acceptors (Lipinski definition) is 4. The molecule has 0 spiro atoms. The first-order chi connectivity index (χ1) is 15.6. The first-order valence-electron chi connectivity index (χ1n) is 10.6. The van der Waals surface area contributed by atoms with Gasteiger partial charge in [0.25, 0.3) is 0 Å². The summed E-state index contributed by atoms with van der Waals surface area (Å²) in [5, 5.41) is 19.3. The summed E-state index contributed by atoms with van der Waals surface area (Å²) in [6, 6.07) is 11.1. The molecule has 9 heteroatoms. The number of hydrogen-bond donors (Lipinski definition) is 1. The van der Waals surface area contributed by atoms with Crippen LogP contribution in [-0.4, -0.2) is 48.7 Å². The van der Waals surface area contributed by atoms with E-state index in [1.54, 1.807) is 28.0 Å². The van der Waals surface area contributed by atoms with Gasteiger partial charge >= 0.3 is 6.18 Å². The average Bonchev–Trinajstić information content (AvgIpc) is 3.18. The summed E-state index contributed by atoms with van der Waals surface area (Å²) < 4.78 is 53.7. The molecule has 0 bridgehead atoms. The van der Waals surface area contributed by atoms with E-state index in [0.29, 0.717) is 37.3 Å². The van der Waals surface area contributed by atoms with Gasteiger partial charge in [-0.25, -0.2) is 4.39 Å². The van der Waals surface area contributed by atoms with Gasteiger partial charge in [0.2, 0.25) is 5.91 Å². The van der Waals surface area contributed by atoms with Crippen LogP contribution in [0.2, 0.25) is 0 Å². The van der Waals surface area contributed by atoms with E-state index in [9.17, 15) is 27.5 Å². The van der Waals surface area contributed by atoms with Gasteiger partial charge in [-0.3, -0.25) is 4.79 Å². The number of piperidine rings is 1. The maximum absolute atomic E-state index is 13.5. The molecule has 2 aromatic carbocycles. The average molecular weight is 461 g/mol. The van der Waals surface area contributed by atoms with Crippen LogP contribution in [0.3, 0.4) is 0 Å². The molecule has 2 aliphatic heterocycles. The van der Waals surface area contributed by atoms with E-state index in [2.05, 4.69) is 0 Å². The van der Waals surface area contributed by atoms with Gasteiger partial charge in [0, 0.05) is 37.3 Å². The lowest BCUT2D eigenvalue weighted by Gasteiger charge is -2.44. The fourth-order valence-corrected chi connectivity index (χ4v) is 5.01. The molecule has 2 saturated heterocycles. The lowest BCUT2D eigenvalue weighted by Crippen LogP contribution is -2.51. The molecule has 2 aromatic rings. The highest BCUT2D eigenvalue weighted by Gasteiger charge is 2.50. The molecule has 0 aromatic heterocycles. The number of aliphatic hydroxyl groups is 1. The Balaban J connectivity index is 1.53. The third kappa shape index (κ3) is 4.53. The number of carbonyl (C=O) groups excluding carboxylic acids is 1. The Morgan fingerprint density at radius 1 is 1.21 bits per heavy atom. The highest BCUT2D eigenvalue weighted by Crippen LogP contribution is 2.44. The predicted octanol–water partition coefficient (Wildman–Crippen LogP) is 3.61. The van der Waals surface area contributed by atoms with Crippen molar-refractivity contribution >= 4 is 11.6 Å². The molecule has 1 amide bonds. The Kier molecular flexibility index (Phi) is 6.06. The minimum atomic E-state index is -4.65. The highest BCUT2D eigenvalue weighted by molar-refractivity contribution is 5.79. The number of rotatable bonds is 4. The van der Waals surface area contributed by atoms with E-state index in [0.717, 1.165) is 6.07 Å². The van der Waals surface area contributed by atoms with E-state index in [1.807, 2.05) is 0 Å². The van der Waals surface area contributed by atoms with Crippen LogP contribution >= 0.6 is 0 Å². The van der Waals surface area contributed by atoms with Crippen LogP contribution in [0.25, 0.3) is 0 Å². The Bertz CT molecular complexity index is 1100. The lowest BCUT2D eigenvalue weighted by molar-refractivity contribution is -0.137. The predicted molar refractivity (Wildman–Crippen MR) is 113 cm³/mol. The van der Waals surface area contributed by atoms with Crippen molar-refractivity contribution in [1.29, 1.82) is 5.26 Å². The number of fused-ring (bicyclic) bond motifs is 1. The molecule has 174 valence electrons. The van der Waals surface area contributed by atoms with Gasteiger partial charge in [-0.05, 0) is 48.2 Å². The molecule has 2 heterocycles.